The van der Waals surface area contributed by atoms with Gasteiger partial charge in [-0.15, -0.1) is 0 Å². The Bertz CT molecular complexity index is 588. The molecule has 2 N–H and O–H groups in total. The third kappa shape index (κ3) is 3.58. The molecule has 0 aliphatic carbocycles. The minimum Gasteiger partial charge on any atom is -0.494 e. The summed E-state index contributed by atoms with van der Waals surface area (Å²) in [6.07, 6.45) is 0.458. The molecule has 0 amide bonds. The largest absolute Gasteiger partial charge is 0.494 e. The van der Waals surface area contributed by atoms with Crippen LogP contribution in [0.1, 0.15) is 24.1 Å². The van der Waals surface area contributed by atoms with Crippen LogP contribution in [0.25, 0.3) is 0 Å². The van der Waals surface area contributed by atoms with Gasteiger partial charge in [-0.2, -0.15) is 0 Å². The standard InChI is InChI=1S/C16H17BrFNO/c1-2-20-12-7-8-13(14(17)10-12)16(19)9-11-5-3-4-6-15(11)18/h3-8,10,16H,2,9,19H2,1H3. The lowest BCUT2D eigenvalue weighted by Crippen LogP contribution is -2.14. The van der Waals surface area contributed by atoms with E-state index in [-0.39, 0.29) is 11.9 Å². The summed E-state index contributed by atoms with van der Waals surface area (Å²) in [7, 11) is 0. The molecule has 0 bridgehead atoms. The van der Waals surface area contributed by atoms with Crippen LogP contribution in [0.2, 0.25) is 0 Å². The van der Waals surface area contributed by atoms with Gasteiger partial charge in [0.1, 0.15) is 11.6 Å². The van der Waals surface area contributed by atoms with Gasteiger partial charge in [0.15, 0.2) is 0 Å². The summed E-state index contributed by atoms with van der Waals surface area (Å²) in [5.41, 5.74) is 7.75. The molecule has 0 radical (unpaired) electrons. The van der Waals surface area contributed by atoms with E-state index in [1.807, 2.05) is 31.2 Å². The third-order valence-corrected chi connectivity index (χ3v) is 3.77. The van der Waals surface area contributed by atoms with Crippen molar-refractivity contribution in [3.8, 4) is 5.75 Å². The van der Waals surface area contributed by atoms with Crippen LogP contribution in [0.15, 0.2) is 46.9 Å². The first-order valence-corrected chi connectivity index (χ1v) is 7.32. The maximum absolute atomic E-state index is 13.6. The molecule has 0 aromatic heterocycles. The van der Waals surface area contributed by atoms with Gasteiger partial charge in [0.2, 0.25) is 0 Å². The average Bonchev–Trinajstić information content (AvgIpc) is 2.42. The molecule has 0 aliphatic rings. The molecule has 1 atom stereocenters. The van der Waals surface area contributed by atoms with Gasteiger partial charge in [0.25, 0.3) is 0 Å². The van der Waals surface area contributed by atoms with Crippen molar-refractivity contribution in [3.05, 3.63) is 63.9 Å². The van der Waals surface area contributed by atoms with E-state index < -0.39 is 0 Å². The van der Waals surface area contributed by atoms with E-state index in [4.69, 9.17) is 10.5 Å². The van der Waals surface area contributed by atoms with Crippen molar-refractivity contribution < 1.29 is 9.13 Å². The molecule has 2 aromatic carbocycles. The predicted octanol–water partition coefficient (Wildman–Crippen LogP) is 4.23. The molecular weight excluding hydrogens is 321 g/mol. The second-order valence-electron chi connectivity index (χ2n) is 4.52. The molecule has 2 aromatic rings. The first kappa shape index (κ1) is 15.0. The molecule has 0 saturated carbocycles. The molecule has 2 nitrogen and oxygen atoms in total. The summed E-state index contributed by atoms with van der Waals surface area (Å²) in [5.74, 6) is 0.575. The quantitative estimate of drug-likeness (QED) is 0.886. The van der Waals surface area contributed by atoms with Crippen molar-refractivity contribution in [2.75, 3.05) is 6.61 Å². The summed E-state index contributed by atoms with van der Waals surface area (Å²) in [6, 6.07) is 12.1. The SMILES string of the molecule is CCOc1ccc(C(N)Cc2ccccc2F)c(Br)c1. The van der Waals surface area contributed by atoms with Gasteiger partial charge >= 0.3 is 0 Å². The maximum Gasteiger partial charge on any atom is 0.126 e. The van der Waals surface area contributed by atoms with E-state index in [1.54, 1.807) is 12.1 Å². The highest BCUT2D eigenvalue weighted by molar-refractivity contribution is 9.10. The second-order valence-corrected chi connectivity index (χ2v) is 5.37. The predicted molar refractivity (Wildman–Crippen MR) is 82.3 cm³/mol. The Morgan fingerprint density at radius 3 is 2.65 bits per heavy atom. The van der Waals surface area contributed by atoms with Gasteiger partial charge in [-0.25, -0.2) is 4.39 Å². The summed E-state index contributed by atoms with van der Waals surface area (Å²) in [4.78, 5) is 0. The Balaban J connectivity index is 2.17. The Morgan fingerprint density at radius 2 is 2.00 bits per heavy atom. The van der Waals surface area contributed by atoms with Crippen LogP contribution in [-0.2, 0) is 6.42 Å². The lowest BCUT2D eigenvalue weighted by atomic mass is 9.99. The number of nitrogens with two attached hydrogens (primary N) is 1. The molecule has 0 saturated heterocycles. The van der Waals surface area contributed by atoms with Crippen molar-refractivity contribution in [2.45, 2.75) is 19.4 Å². The highest BCUT2D eigenvalue weighted by Gasteiger charge is 2.13. The second kappa shape index (κ2) is 6.86. The lowest BCUT2D eigenvalue weighted by Gasteiger charge is -2.15. The molecule has 0 fully saturated rings. The van der Waals surface area contributed by atoms with Crippen molar-refractivity contribution in [2.24, 2.45) is 5.73 Å². The van der Waals surface area contributed by atoms with E-state index in [1.165, 1.54) is 6.07 Å². The average molecular weight is 338 g/mol. The zero-order valence-electron chi connectivity index (χ0n) is 11.3. The summed E-state index contributed by atoms with van der Waals surface area (Å²) in [6.45, 7) is 2.55. The molecule has 0 heterocycles. The van der Waals surface area contributed by atoms with Crippen molar-refractivity contribution in [1.29, 1.82) is 0 Å². The van der Waals surface area contributed by atoms with Crippen molar-refractivity contribution >= 4 is 15.9 Å². The van der Waals surface area contributed by atoms with Gasteiger partial charge in [-0.3, -0.25) is 0 Å². The first-order chi connectivity index (χ1) is 9.61. The molecule has 4 heteroatoms. The number of halogens is 2. The van der Waals surface area contributed by atoms with E-state index in [9.17, 15) is 4.39 Å². The Kier molecular flexibility index (Phi) is 5.15. The van der Waals surface area contributed by atoms with Crippen LogP contribution in [0.3, 0.4) is 0 Å². The fraction of sp³-hybridized carbons (Fsp3) is 0.250. The fourth-order valence-electron chi connectivity index (χ4n) is 2.08. The summed E-state index contributed by atoms with van der Waals surface area (Å²) < 4.78 is 20.0. The van der Waals surface area contributed by atoms with Crippen LogP contribution in [0, 0.1) is 5.82 Å². The molecule has 1 unspecified atom stereocenters. The van der Waals surface area contributed by atoms with Crippen LogP contribution >= 0.6 is 15.9 Å². The highest BCUT2D eigenvalue weighted by atomic mass is 79.9. The Hall–Kier alpha value is -1.39. The van der Waals surface area contributed by atoms with E-state index in [0.29, 0.717) is 18.6 Å². The topological polar surface area (TPSA) is 35.2 Å². The van der Waals surface area contributed by atoms with Crippen molar-refractivity contribution in [1.82, 2.24) is 0 Å². The number of rotatable bonds is 5. The van der Waals surface area contributed by atoms with Crippen LogP contribution < -0.4 is 10.5 Å². The smallest absolute Gasteiger partial charge is 0.126 e. The summed E-state index contributed by atoms with van der Waals surface area (Å²) >= 11 is 3.50. The fourth-order valence-corrected chi connectivity index (χ4v) is 2.73. The van der Waals surface area contributed by atoms with Crippen LogP contribution in [0.4, 0.5) is 4.39 Å². The number of hydrogen-bond donors (Lipinski definition) is 1. The minimum absolute atomic E-state index is 0.218. The Labute approximate surface area is 126 Å². The Morgan fingerprint density at radius 1 is 1.25 bits per heavy atom. The zero-order chi connectivity index (χ0) is 14.5. The van der Waals surface area contributed by atoms with Crippen LogP contribution in [0.5, 0.6) is 5.75 Å². The molecule has 0 aliphatic heterocycles. The van der Waals surface area contributed by atoms with E-state index in [2.05, 4.69) is 15.9 Å². The van der Waals surface area contributed by atoms with Gasteiger partial charge in [0.05, 0.1) is 6.61 Å². The normalized spacial score (nSPS) is 12.2. The van der Waals surface area contributed by atoms with Gasteiger partial charge in [-0.05, 0) is 42.7 Å². The maximum atomic E-state index is 13.6. The zero-order valence-corrected chi connectivity index (χ0v) is 12.9. The van der Waals surface area contributed by atoms with E-state index in [0.717, 1.165) is 15.8 Å². The molecular formula is C16H17BrFNO. The molecule has 20 heavy (non-hydrogen) atoms. The van der Waals surface area contributed by atoms with E-state index >= 15 is 0 Å². The molecule has 2 rings (SSSR count). The first-order valence-electron chi connectivity index (χ1n) is 6.53. The third-order valence-electron chi connectivity index (χ3n) is 3.08. The number of ether oxygens (including phenoxy) is 1. The van der Waals surface area contributed by atoms with Gasteiger partial charge in [-0.1, -0.05) is 40.2 Å². The number of benzene rings is 2. The molecule has 106 valence electrons. The van der Waals surface area contributed by atoms with Gasteiger partial charge < -0.3 is 10.5 Å². The molecule has 0 spiro atoms. The number of hydrogen-bond acceptors (Lipinski definition) is 2. The highest BCUT2D eigenvalue weighted by Crippen LogP contribution is 2.29. The van der Waals surface area contributed by atoms with Crippen LogP contribution in [-0.4, -0.2) is 6.61 Å². The van der Waals surface area contributed by atoms with Gasteiger partial charge in [0, 0.05) is 10.5 Å². The van der Waals surface area contributed by atoms with Crippen molar-refractivity contribution in [3.63, 3.8) is 0 Å². The summed E-state index contributed by atoms with van der Waals surface area (Å²) in [5, 5.41) is 0. The minimum atomic E-state index is -0.267. The monoisotopic (exact) mass is 337 g/mol. The lowest BCUT2D eigenvalue weighted by molar-refractivity contribution is 0.340.